The molecule has 0 saturated carbocycles. The van der Waals surface area contributed by atoms with Gasteiger partial charge in [-0.05, 0) is 31.5 Å². The zero-order valence-corrected chi connectivity index (χ0v) is 13.4. The van der Waals surface area contributed by atoms with Gasteiger partial charge in [-0.2, -0.15) is 17.6 Å². The van der Waals surface area contributed by atoms with Crippen LogP contribution in [-0.4, -0.2) is 25.7 Å². The van der Waals surface area contributed by atoms with E-state index in [0.29, 0.717) is 0 Å². The summed E-state index contributed by atoms with van der Waals surface area (Å²) in [5.74, 6) is -1.62. The molecule has 0 aromatic heterocycles. The molecule has 0 fully saturated rings. The molecular formula is C13H18F4NO4P. The van der Waals surface area contributed by atoms with Gasteiger partial charge >= 0.3 is 20.1 Å². The third-order valence-electron chi connectivity index (χ3n) is 2.69. The Labute approximate surface area is 131 Å². The molecule has 0 radical (unpaired) electrons. The molecule has 0 bridgehead atoms. The highest BCUT2D eigenvalue weighted by molar-refractivity contribution is 7.54. The van der Waals surface area contributed by atoms with Crippen LogP contribution in [0, 0.1) is 0 Å². The number of hydrogen-bond donors (Lipinski definition) is 1. The quantitative estimate of drug-likeness (QED) is 0.530. The minimum Gasteiger partial charge on any atom is -0.428 e. The Balaban J connectivity index is 2.92. The minimum absolute atomic E-state index is 0.104. The normalized spacial score (nSPS) is 14.1. The fraction of sp³-hybridized carbons (Fsp3) is 0.538. The summed E-state index contributed by atoms with van der Waals surface area (Å²) in [5, 5.41) is 0. The third-order valence-corrected chi connectivity index (χ3v) is 4.90. The Kier molecular flexibility index (Phi) is 7.01. The van der Waals surface area contributed by atoms with E-state index < -0.39 is 31.7 Å². The second-order valence-corrected chi connectivity index (χ2v) is 6.51. The van der Waals surface area contributed by atoms with Gasteiger partial charge in [-0.15, -0.1) is 0 Å². The average molecular weight is 359 g/mol. The van der Waals surface area contributed by atoms with E-state index in [9.17, 15) is 22.1 Å². The number of rotatable bonds is 9. The largest absolute Gasteiger partial charge is 0.461 e. The van der Waals surface area contributed by atoms with Gasteiger partial charge in [-0.3, -0.25) is 4.57 Å². The lowest BCUT2D eigenvalue weighted by Crippen LogP contribution is -2.33. The number of halogens is 4. The van der Waals surface area contributed by atoms with Gasteiger partial charge in [0.05, 0.1) is 13.2 Å². The summed E-state index contributed by atoms with van der Waals surface area (Å²) >= 11 is 0. The van der Waals surface area contributed by atoms with Crippen molar-refractivity contribution in [1.29, 1.82) is 0 Å². The molecule has 1 aromatic carbocycles. The van der Waals surface area contributed by atoms with Crippen LogP contribution in [0.3, 0.4) is 0 Å². The number of alkyl halides is 4. The Hall–Kier alpha value is -1.15. The smallest absolute Gasteiger partial charge is 0.428 e. The first-order chi connectivity index (χ1) is 10.7. The van der Waals surface area contributed by atoms with Crippen LogP contribution in [0.1, 0.15) is 25.2 Å². The van der Waals surface area contributed by atoms with Crippen LogP contribution in [0.4, 0.5) is 17.6 Å². The van der Waals surface area contributed by atoms with Crippen LogP contribution in [0.5, 0.6) is 5.75 Å². The van der Waals surface area contributed by atoms with Gasteiger partial charge < -0.3 is 19.5 Å². The maximum absolute atomic E-state index is 12.8. The molecule has 10 heteroatoms. The van der Waals surface area contributed by atoms with Crippen molar-refractivity contribution in [1.82, 2.24) is 0 Å². The van der Waals surface area contributed by atoms with Gasteiger partial charge in [0.1, 0.15) is 11.5 Å². The van der Waals surface area contributed by atoms with Crippen molar-refractivity contribution in [3.05, 3.63) is 29.8 Å². The molecule has 0 unspecified atom stereocenters. The van der Waals surface area contributed by atoms with Crippen molar-refractivity contribution in [3.63, 3.8) is 0 Å². The van der Waals surface area contributed by atoms with Gasteiger partial charge in [0, 0.05) is 0 Å². The summed E-state index contributed by atoms with van der Waals surface area (Å²) in [5.41, 5.74) is 6.12. The predicted octanol–water partition coefficient (Wildman–Crippen LogP) is 4.15. The number of hydrogen-bond acceptors (Lipinski definition) is 5. The molecule has 0 aliphatic carbocycles. The Bertz CT molecular complexity index is 531. The van der Waals surface area contributed by atoms with E-state index in [1.807, 2.05) is 0 Å². The summed E-state index contributed by atoms with van der Waals surface area (Å²) in [6, 6.07) is 4.50. The highest BCUT2D eigenvalue weighted by Crippen LogP contribution is 2.58. The van der Waals surface area contributed by atoms with Crippen LogP contribution in [0.25, 0.3) is 0 Å². The predicted molar refractivity (Wildman–Crippen MR) is 75.8 cm³/mol. The molecule has 0 aliphatic heterocycles. The highest BCUT2D eigenvalue weighted by atomic mass is 31.2. The maximum atomic E-state index is 12.8. The molecule has 1 rings (SSSR count). The fourth-order valence-corrected chi connectivity index (χ4v) is 3.33. The molecule has 0 heterocycles. The van der Waals surface area contributed by atoms with Crippen molar-refractivity contribution in [2.75, 3.05) is 13.2 Å². The molecule has 0 amide bonds. The van der Waals surface area contributed by atoms with Crippen LogP contribution < -0.4 is 10.5 Å². The lowest BCUT2D eigenvalue weighted by molar-refractivity contribution is -0.253. The third kappa shape index (κ3) is 5.17. The van der Waals surface area contributed by atoms with E-state index in [-0.39, 0.29) is 18.8 Å². The van der Waals surface area contributed by atoms with Crippen LogP contribution in [-0.2, 0) is 13.6 Å². The average Bonchev–Trinajstić information content (AvgIpc) is 2.47. The molecule has 0 saturated heterocycles. The molecule has 132 valence electrons. The SMILES string of the molecule is CCOP(=O)(OCC)[C@@H](N)c1ccc(OC(F)(F)C(F)F)cc1. The summed E-state index contributed by atoms with van der Waals surface area (Å²) in [6.07, 6.45) is -8.56. The van der Waals surface area contributed by atoms with Crippen molar-refractivity contribution in [3.8, 4) is 5.75 Å². The first kappa shape index (κ1) is 19.9. The molecule has 2 N–H and O–H groups in total. The molecule has 5 nitrogen and oxygen atoms in total. The Morgan fingerprint density at radius 1 is 1.13 bits per heavy atom. The second kappa shape index (κ2) is 8.10. The van der Waals surface area contributed by atoms with E-state index in [2.05, 4.69) is 4.74 Å². The molecule has 1 atom stereocenters. The summed E-state index contributed by atoms with van der Waals surface area (Å²) < 4.78 is 76.3. The van der Waals surface area contributed by atoms with Crippen molar-refractivity contribution < 1.29 is 35.9 Å². The van der Waals surface area contributed by atoms with Gasteiger partial charge in [-0.25, -0.2) is 0 Å². The first-order valence-electron chi connectivity index (χ1n) is 6.75. The number of nitrogens with two attached hydrogens (primary N) is 1. The van der Waals surface area contributed by atoms with Gasteiger partial charge in [0.15, 0.2) is 0 Å². The Morgan fingerprint density at radius 3 is 2.00 bits per heavy atom. The van der Waals surface area contributed by atoms with Crippen molar-refractivity contribution in [2.45, 2.75) is 32.2 Å². The molecule has 23 heavy (non-hydrogen) atoms. The monoisotopic (exact) mass is 359 g/mol. The lowest BCUT2D eigenvalue weighted by Gasteiger charge is -2.23. The van der Waals surface area contributed by atoms with Crippen molar-refractivity contribution in [2.24, 2.45) is 5.73 Å². The van der Waals surface area contributed by atoms with E-state index in [4.69, 9.17) is 14.8 Å². The highest BCUT2D eigenvalue weighted by Gasteiger charge is 2.44. The number of benzene rings is 1. The topological polar surface area (TPSA) is 70.8 Å². The molecule has 0 spiro atoms. The molecular weight excluding hydrogens is 341 g/mol. The van der Waals surface area contributed by atoms with E-state index in [1.165, 1.54) is 12.1 Å². The summed E-state index contributed by atoms with van der Waals surface area (Å²) in [6.45, 7) is 3.43. The second-order valence-electron chi connectivity index (χ2n) is 4.35. The van der Waals surface area contributed by atoms with Crippen LogP contribution in [0.15, 0.2) is 24.3 Å². The zero-order valence-electron chi connectivity index (χ0n) is 12.5. The standard InChI is InChI=1S/C13H18F4NO4P/c1-3-20-23(19,21-4-2)11(18)9-5-7-10(8-6-9)22-13(16,17)12(14)15/h5-8,11-12H,3-4,18H2,1-2H3/t11-/m1/s1. The van der Waals surface area contributed by atoms with E-state index >= 15 is 0 Å². The fourth-order valence-electron chi connectivity index (χ4n) is 1.68. The van der Waals surface area contributed by atoms with Gasteiger partial charge in [-0.1, -0.05) is 12.1 Å². The van der Waals surface area contributed by atoms with Crippen LogP contribution >= 0.6 is 7.60 Å². The lowest BCUT2D eigenvalue weighted by atomic mass is 10.2. The van der Waals surface area contributed by atoms with Gasteiger partial charge in [0.25, 0.3) is 0 Å². The van der Waals surface area contributed by atoms with Crippen molar-refractivity contribution >= 4 is 7.60 Å². The molecule has 0 aliphatic rings. The maximum Gasteiger partial charge on any atom is 0.461 e. The minimum atomic E-state index is -4.60. The summed E-state index contributed by atoms with van der Waals surface area (Å²) in [7, 11) is -3.64. The van der Waals surface area contributed by atoms with Crippen LogP contribution in [0.2, 0.25) is 0 Å². The molecule has 1 aromatic rings. The van der Waals surface area contributed by atoms with E-state index in [1.54, 1.807) is 13.8 Å². The van der Waals surface area contributed by atoms with Gasteiger partial charge in [0.2, 0.25) is 0 Å². The summed E-state index contributed by atoms with van der Waals surface area (Å²) in [4.78, 5) is 0. The number of ether oxygens (including phenoxy) is 1. The first-order valence-corrected chi connectivity index (χ1v) is 8.36. The van der Waals surface area contributed by atoms with E-state index in [0.717, 1.165) is 12.1 Å². The zero-order chi connectivity index (χ0) is 17.7. The Morgan fingerprint density at radius 2 is 1.61 bits per heavy atom.